The van der Waals surface area contributed by atoms with Gasteiger partial charge in [0.1, 0.15) is 5.84 Å². The van der Waals surface area contributed by atoms with Crippen molar-refractivity contribution in [2.24, 2.45) is 10.9 Å². The highest BCUT2D eigenvalue weighted by Gasteiger charge is 2.15. The fraction of sp³-hybridized carbons (Fsp3) is 0.583. The van der Waals surface area contributed by atoms with E-state index in [2.05, 4.69) is 29.1 Å². The van der Waals surface area contributed by atoms with Crippen LogP contribution >= 0.6 is 0 Å². The molecule has 0 bridgehead atoms. The Morgan fingerprint density at radius 3 is 2.60 bits per heavy atom. The zero-order valence-corrected chi connectivity index (χ0v) is 10.1. The molecule has 0 aromatic rings. The number of nitrogens with zero attached hydrogens (tertiary/aromatic N) is 1. The first-order valence-corrected chi connectivity index (χ1v) is 5.40. The van der Waals surface area contributed by atoms with Gasteiger partial charge in [-0.15, -0.1) is 0 Å². The summed E-state index contributed by atoms with van der Waals surface area (Å²) in [6.45, 7) is 13.0. The first kappa shape index (κ1) is 11.8. The summed E-state index contributed by atoms with van der Waals surface area (Å²) in [6, 6.07) is 0. The molecule has 0 aromatic heterocycles. The normalized spacial score (nSPS) is 24.8. The number of hydrogen-bond donors (Lipinski definition) is 2. The highest BCUT2D eigenvalue weighted by atomic mass is 15.0. The molecule has 1 atom stereocenters. The largest absolute Gasteiger partial charge is 0.387 e. The van der Waals surface area contributed by atoms with Gasteiger partial charge < -0.3 is 10.6 Å². The number of aliphatic imine (C=N–C) groups is 1. The van der Waals surface area contributed by atoms with E-state index >= 15 is 0 Å². The third-order valence-corrected chi connectivity index (χ3v) is 2.38. The SMILES string of the molecule is C=C(C)NC(C)=N/C(C)=C1/CC(C)CN1. The quantitative estimate of drug-likeness (QED) is 0.539. The maximum absolute atomic E-state index is 4.50. The second kappa shape index (κ2) is 5.01. The summed E-state index contributed by atoms with van der Waals surface area (Å²) in [7, 11) is 0. The Hall–Kier alpha value is -1.25. The number of allylic oxidation sites excluding steroid dienone is 3. The van der Waals surface area contributed by atoms with Crippen molar-refractivity contribution in [2.75, 3.05) is 6.54 Å². The maximum atomic E-state index is 4.50. The molecule has 1 heterocycles. The van der Waals surface area contributed by atoms with Crippen molar-refractivity contribution < 1.29 is 0 Å². The van der Waals surface area contributed by atoms with E-state index in [-0.39, 0.29) is 0 Å². The van der Waals surface area contributed by atoms with Crippen LogP contribution in [0.1, 0.15) is 34.1 Å². The Balaban J connectivity index is 2.68. The van der Waals surface area contributed by atoms with E-state index in [0.29, 0.717) is 0 Å². The van der Waals surface area contributed by atoms with Crippen LogP contribution in [-0.4, -0.2) is 12.4 Å². The Kier molecular flexibility index (Phi) is 3.95. The van der Waals surface area contributed by atoms with Gasteiger partial charge in [-0.3, -0.25) is 0 Å². The molecule has 0 saturated carbocycles. The van der Waals surface area contributed by atoms with Crippen LogP contribution in [0.2, 0.25) is 0 Å². The molecule has 1 aliphatic rings. The van der Waals surface area contributed by atoms with Crippen LogP contribution in [0.3, 0.4) is 0 Å². The first-order valence-electron chi connectivity index (χ1n) is 5.40. The lowest BCUT2D eigenvalue weighted by Crippen LogP contribution is -2.17. The standard InChI is InChI=1S/C12H21N3/c1-8(2)14-11(5)15-10(4)12-6-9(3)7-13-12/h9,13H,1,6-7H2,2-5H3,(H,14,15)/b12-10-. The van der Waals surface area contributed by atoms with Crippen molar-refractivity contribution in [1.82, 2.24) is 10.6 Å². The summed E-state index contributed by atoms with van der Waals surface area (Å²) >= 11 is 0. The van der Waals surface area contributed by atoms with Crippen molar-refractivity contribution >= 4 is 5.84 Å². The molecule has 1 saturated heterocycles. The van der Waals surface area contributed by atoms with Gasteiger partial charge in [0, 0.05) is 17.9 Å². The van der Waals surface area contributed by atoms with Gasteiger partial charge in [-0.2, -0.15) is 0 Å². The summed E-state index contributed by atoms with van der Waals surface area (Å²) in [5, 5.41) is 6.49. The van der Waals surface area contributed by atoms with Crippen LogP contribution < -0.4 is 10.6 Å². The number of amidine groups is 1. The van der Waals surface area contributed by atoms with Crippen molar-refractivity contribution in [1.29, 1.82) is 0 Å². The summed E-state index contributed by atoms with van der Waals surface area (Å²) in [6.07, 6.45) is 1.11. The predicted octanol–water partition coefficient (Wildman–Crippen LogP) is 2.39. The molecular formula is C12H21N3. The minimum Gasteiger partial charge on any atom is -0.387 e. The minimum absolute atomic E-state index is 0.722. The van der Waals surface area contributed by atoms with Gasteiger partial charge in [-0.05, 0) is 33.1 Å². The zero-order valence-electron chi connectivity index (χ0n) is 10.1. The van der Waals surface area contributed by atoms with E-state index in [4.69, 9.17) is 0 Å². The van der Waals surface area contributed by atoms with E-state index in [1.54, 1.807) is 0 Å². The molecule has 3 nitrogen and oxygen atoms in total. The molecule has 0 radical (unpaired) electrons. The fourth-order valence-electron chi connectivity index (χ4n) is 1.72. The number of hydrogen-bond acceptors (Lipinski definition) is 2. The van der Waals surface area contributed by atoms with Gasteiger partial charge in [0.15, 0.2) is 0 Å². The molecule has 0 aromatic carbocycles. The Morgan fingerprint density at radius 1 is 1.47 bits per heavy atom. The Bertz CT molecular complexity index is 313. The third-order valence-electron chi connectivity index (χ3n) is 2.38. The van der Waals surface area contributed by atoms with E-state index in [1.165, 1.54) is 5.70 Å². The molecule has 3 heteroatoms. The highest BCUT2D eigenvalue weighted by molar-refractivity contribution is 5.82. The van der Waals surface area contributed by atoms with Crippen molar-refractivity contribution in [3.8, 4) is 0 Å². The summed E-state index contributed by atoms with van der Waals surface area (Å²) in [5.74, 6) is 1.62. The average Bonchev–Trinajstić information content (AvgIpc) is 2.49. The minimum atomic E-state index is 0.722. The molecular weight excluding hydrogens is 186 g/mol. The molecule has 1 aliphatic heterocycles. The first-order chi connectivity index (χ1) is 6.99. The molecule has 2 N–H and O–H groups in total. The monoisotopic (exact) mass is 207 g/mol. The van der Waals surface area contributed by atoms with Gasteiger partial charge in [0.05, 0.1) is 5.70 Å². The maximum Gasteiger partial charge on any atom is 0.103 e. The molecule has 1 fully saturated rings. The van der Waals surface area contributed by atoms with Crippen LogP contribution in [0, 0.1) is 5.92 Å². The van der Waals surface area contributed by atoms with Crippen molar-refractivity contribution in [3.05, 3.63) is 23.7 Å². The lowest BCUT2D eigenvalue weighted by Gasteiger charge is -2.06. The van der Waals surface area contributed by atoms with Crippen molar-refractivity contribution in [2.45, 2.75) is 34.1 Å². The zero-order chi connectivity index (χ0) is 11.4. The smallest absolute Gasteiger partial charge is 0.103 e. The molecule has 0 amide bonds. The Labute approximate surface area is 92.4 Å². The van der Waals surface area contributed by atoms with E-state index in [0.717, 1.165) is 36.1 Å². The molecule has 0 spiro atoms. The van der Waals surface area contributed by atoms with Crippen LogP contribution in [0.15, 0.2) is 28.7 Å². The highest BCUT2D eigenvalue weighted by Crippen LogP contribution is 2.19. The molecule has 84 valence electrons. The van der Waals surface area contributed by atoms with E-state index < -0.39 is 0 Å². The van der Waals surface area contributed by atoms with Gasteiger partial charge in [0.25, 0.3) is 0 Å². The van der Waals surface area contributed by atoms with Crippen molar-refractivity contribution in [3.63, 3.8) is 0 Å². The van der Waals surface area contributed by atoms with Crippen LogP contribution in [0.5, 0.6) is 0 Å². The topological polar surface area (TPSA) is 36.4 Å². The summed E-state index contributed by atoms with van der Waals surface area (Å²) in [4.78, 5) is 4.50. The molecule has 1 rings (SSSR count). The lowest BCUT2D eigenvalue weighted by molar-refractivity contribution is 0.653. The number of rotatable bonds is 2. The Morgan fingerprint density at radius 2 is 2.13 bits per heavy atom. The fourth-order valence-corrected chi connectivity index (χ4v) is 1.72. The van der Waals surface area contributed by atoms with Gasteiger partial charge >= 0.3 is 0 Å². The predicted molar refractivity (Wildman–Crippen MR) is 65.5 cm³/mol. The van der Waals surface area contributed by atoms with Crippen LogP contribution in [-0.2, 0) is 0 Å². The molecule has 1 unspecified atom stereocenters. The van der Waals surface area contributed by atoms with Gasteiger partial charge in [-0.25, -0.2) is 4.99 Å². The average molecular weight is 207 g/mol. The summed E-state index contributed by atoms with van der Waals surface area (Å²) < 4.78 is 0. The molecule has 0 aliphatic carbocycles. The van der Waals surface area contributed by atoms with Gasteiger partial charge in [-0.1, -0.05) is 13.5 Å². The second-order valence-corrected chi connectivity index (χ2v) is 4.36. The molecule has 15 heavy (non-hydrogen) atoms. The lowest BCUT2D eigenvalue weighted by atomic mass is 10.1. The van der Waals surface area contributed by atoms with Crippen LogP contribution in [0.25, 0.3) is 0 Å². The second-order valence-electron chi connectivity index (χ2n) is 4.36. The van der Waals surface area contributed by atoms with E-state index in [1.807, 2.05) is 20.8 Å². The number of nitrogens with one attached hydrogen (secondary N) is 2. The third kappa shape index (κ3) is 3.78. The summed E-state index contributed by atoms with van der Waals surface area (Å²) in [5.41, 5.74) is 3.26. The van der Waals surface area contributed by atoms with Crippen LogP contribution in [0.4, 0.5) is 0 Å². The van der Waals surface area contributed by atoms with E-state index in [9.17, 15) is 0 Å². The van der Waals surface area contributed by atoms with Gasteiger partial charge in [0.2, 0.25) is 0 Å².